The van der Waals surface area contributed by atoms with E-state index in [-0.39, 0.29) is 24.1 Å². The van der Waals surface area contributed by atoms with Gasteiger partial charge in [0.15, 0.2) is 6.10 Å². The maximum Gasteiger partial charge on any atom is 0.254 e. The molecule has 3 rings (SSSR count). The van der Waals surface area contributed by atoms with E-state index in [4.69, 9.17) is 0 Å². The number of carbonyl (C=O) groups excluding carboxylic acids is 4. The maximum atomic E-state index is 13.7. The maximum absolute atomic E-state index is 13.7. The molecular formula is C29H38N4O5S. The van der Waals surface area contributed by atoms with E-state index in [1.807, 2.05) is 75.4 Å². The first-order valence-corrected chi connectivity index (χ1v) is 14.0. The Bertz CT molecular complexity index is 1190. The molecule has 10 heteroatoms. The summed E-state index contributed by atoms with van der Waals surface area (Å²) in [5.41, 5.74) is 2.84. The van der Waals surface area contributed by atoms with E-state index in [0.717, 1.165) is 16.7 Å². The van der Waals surface area contributed by atoms with E-state index in [1.165, 1.54) is 30.5 Å². The zero-order valence-electron chi connectivity index (χ0n) is 23.1. The molecule has 0 unspecified atom stereocenters. The number of aryl methyl sites for hydroxylation is 1. The van der Waals surface area contributed by atoms with Gasteiger partial charge in [-0.05, 0) is 50.8 Å². The molecule has 0 aromatic heterocycles. The summed E-state index contributed by atoms with van der Waals surface area (Å²) in [5.74, 6) is -1.62. The second kappa shape index (κ2) is 13.1. The van der Waals surface area contributed by atoms with Gasteiger partial charge in [0.2, 0.25) is 17.7 Å². The van der Waals surface area contributed by atoms with Crippen LogP contribution < -0.4 is 16.0 Å². The number of thioether (sulfide) groups is 1. The summed E-state index contributed by atoms with van der Waals surface area (Å²) in [7, 11) is 0. The van der Waals surface area contributed by atoms with Gasteiger partial charge in [-0.25, -0.2) is 0 Å². The molecule has 2 aromatic rings. The lowest BCUT2D eigenvalue weighted by Gasteiger charge is -2.33. The predicted molar refractivity (Wildman–Crippen MR) is 152 cm³/mol. The molecule has 1 aliphatic heterocycles. The largest absolute Gasteiger partial charge is 0.381 e. The smallest absolute Gasteiger partial charge is 0.254 e. The van der Waals surface area contributed by atoms with Crippen LogP contribution in [0.15, 0.2) is 54.6 Å². The van der Waals surface area contributed by atoms with Crippen LogP contribution in [0.5, 0.6) is 0 Å². The molecule has 4 N–H and O–H groups in total. The number of benzene rings is 2. The van der Waals surface area contributed by atoms with E-state index < -0.39 is 40.8 Å². The van der Waals surface area contributed by atoms with Crippen molar-refractivity contribution in [2.45, 2.75) is 76.6 Å². The lowest BCUT2D eigenvalue weighted by atomic mass is 9.97. The average molecular weight is 555 g/mol. The molecule has 39 heavy (non-hydrogen) atoms. The number of aliphatic hydroxyl groups is 1. The monoisotopic (exact) mass is 554 g/mol. The summed E-state index contributed by atoms with van der Waals surface area (Å²) in [6.07, 6.45) is -1.43. The normalized spacial score (nSPS) is 18.5. The van der Waals surface area contributed by atoms with Crippen molar-refractivity contribution >= 4 is 35.4 Å². The van der Waals surface area contributed by atoms with Gasteiger partial charge in [-0.3, -0.25) is 19.2 Å². The second-order valence-corrected chi connectivity index (χ2v) is 12.0. The van der Waals surface area contributed by atoms with Crippen LogP contribution in [0.3, 0.4) is 0 Å². The molecule has 4 atom stereocenters. The SMILES string of the molecule is CC(=O)N[C@@H](C)C(=O)N[C@@H](Cc1ccccc1)[C@H](O)C(=O)N1CSC(C)(C)[C@H]1C(=O)NCc1ccccc1C. The molecule has 1 saturated heterocycles. The van der Waals surface area contributed by atoms with Crippen molar-refractivity contribution in [2.24, 2.45) is 0 Å². The summed E-state index contributed by atoms with van der Waals surface area (Å²) in [5, 5.41) is 19.5. The van der Waals surface area contributed by atoms with Crippen LogP contribution in [0.4, 0.5) is 0 Å². The fourth-order valence-electron chi connectivity index (χ4n) is 4.63. The Labute approximate surface area is 234 Å². The van der Waals surface area contributed by atoms with Crippen LogP contribution in [0.2, 0.25) is 0 Å². The number of nitrogens with one attached hydrogen (secondary N) is 3. The standard InChI is InChI=1S/C29H38N4O5S/c1-18-11-9-10-14-22(18)16-30-27(37)25-29(4,5)39-17-33(25)28(38)24(35)23(15-21-12-7-6-8-13-21)32-26(36)19(2)31-20(3)34/h6-14,19,23-25,35H,15-17H2,1-5H3,(H,30,37)(H,31,34)(H,32,36)/t19-,23-,24-,25+/m0/s1. The number of hydrogen-bond donors (Lipinski definition) is 4. The number of carbonyl (C=O) groups is 4. The number of rotatable bonds is 10. The molecule has 0 bridgehead atoms. The van der Waals surface area contributed by atoms with Gasteiger partial charge in [-0.2, -0.15) is 0 Å². The molecule has 0 radical (unpaired) electrons. The third kappa shape index (κ3) is 7.83. The first-order chi connectivity index (χ1) is 18.4. The molecular weight excluding hydrogens is 516 g/mol. The van der Waals surface area contributed by atoms with Gasteiger partial charge in [-0.15, -0.1) is 11.8 Å². The van der Waals surface area contributed by atoms with Gasteiger partial charge in [-0.1, -0.05) is 54.6 Å². The molecule has 0 saturated carbocycles. The number of hydrogen-bond acceptors (Lipinski definition) is 6. The summed E-state index contributed by atoms with van der Waals surface area (Å²) in [6, 6.07) is 14.3. The first-order valence-electron chi connectivity index (χ1n) is 13.0. The van der Waals surface area contributed by atoms with Crippen molar-refractivity contribution < 1.29 is 24.3 Å². The van der Waals surface area contributed by atoms with Crippen molar-refractivity contribution in [2.75, 3.05) is 5.88 Å². The van der Waals surface area contributed by atoms with Crippen molar-refractivity contribution in [3.05, 3.63) is 71.3 Å². The summed E-state index contributed by atoms with van der Waals surface area (Å²) >= 11 is 1.45. The lowest BCUT2D eigenvalue weighted by molar-refractivity contribution is -0.148. The highest BCUT2D eigenvalue weighted by Crippen LogP contribution is 2.40. The topological polar surface area (TPSA) is 128 Å². The quantitative estimate of drug-likeness (QED) is 0.355. The van der Waals surface area contributed by atoms with Gasteiger partial charge >= 0.3 is 0 Å². The van der Waals surface area contributed by atoms with Gasteiger partial charge in [0.25, 0.3) is 5.91 Å². The van der Waals surface area contributed by atoms with Crippen LogP contribution in [-0.2, 0) is 32.1 Å². The zero-order chi connectivity index (χ0) is 28.7. The van der Waals surface area contributed by atoms with Crippen molar-refractivity contribution in [3.63, 3.8) is 0 Å². The molecule has 1 aliphatic rings. The summed E-state index contributed by atoms with van der Waals surface area (Å²) in [4.78, 5) is 52.7. The molecule has 2 aromatic carbocycles. The molecule has 1 fully saturated rings. The van der Waals surface area contributed by atoms with Crippen LogP contribution in [-0.4, -0.2) is 68.5 Å². The zero-order valence-corrected chi connectivity index (χ0v) is 23.9. The molecule has 4 amide bonds. The van der Waals surface area contributed by atoms with Crippen LogP contribution in [0, 0.1) is 6.92 Å². The average Bonchev–Trinajstić information content (AvgIpc) is 3.21. The Morgan fingerprint density at radius 3 is 2.33 bits per heavy atom. The van der Waals surface area contributed by atoms with E-state index in [1.54, 1.807) is 0 Å². The highest BCUT2D eigenvalue weighted by atomic mass is 32.2. The highest BCUT2D eigenvalue weighted by molar-refractivity contribution is 8.00. The number of nitrogens with zero attached hydrogens (tertiary/aromatic N) is 1. The van der Waals surface area contributed by atoms with Gasteiger partial charge in [0.05, 0.1) is 11.9 Å². The lowest BCUT2D eigenvalue weighted by Crippen LogP contribution is -2.59. The third-order valence-electron chi connectivity index (χ3n) is 6.86. The first kappa shape index (κ1) is 30.2. The molecule has 1 heterocycles. The Kier molecular flexibility index (Phi) is 10.2. The Balaban J connectivity index is 1.80. The van der Waals surface area contributed by atoms with E-state index >= 15 is 0 Å². The van der Waals surface area contributed by atoms with E-state index in [2.05, 4.69) is 16.0 Å². The fraction of sp³-hybridized carbons (Fsp3) is 0.448. The van der Waals surface area contributed by atoms with E-state index in [9.17, 15) is 24.3 Å². The predicted octanol–water partition coefficient (Wildman–Crippen LogP) is 1.90. The van der Waals surface area contributed by atoms with Crippen LogP contribution in [0.1, 0.15) is 44.4 Å². The van der Waals surface area contributed by atoms with Crippen molar-refractivity contribution in [3.8, 4) is 0 Å². The summed E-state index contributed by atoms with van der Waals surface area (Å²) < 4.78 is -0.594. The molecule has 9 nitrogen and oxygen atoms in total. The minimum Gasteiger partial charge on any atom is -0.381 e. The minimum atomic E-state index is -1.61. The van der Waals surface area contributed by atoms with Crippen molar-refractivity contribution in [1.29, 1.82) is 0 Å². The highest BCUT2D eigenvalue weighted by Gasteiger charge is 2.49. The minimum absolute atomic E-state index is 0.181. The Morgan fingerprint density at radius 2 is 1.69 bits per heavy atom. The number of amides is 4. The molecule has 210 valence electrons. The third-order valence-corrected chi connectivity index (χ3v) is 8.24. The summed E-state index contributed by atoms with van der Waals surface area (Å²) in [6.45, 7) is 8.92. The second-order valence-electron chi connectivity index (χ2n) is 10.4. The molecule has 0 spiro atoms. The Morgan fingerprint density at radius 1 is 1.05 bits per heavy atom. The van der Waals surface area contributed by atoms with Crippen molar-refractivity contribution in [1.82, 2.24) is 20.9 Å². The van der Waals surface area contributed by atoms with Gasteiger partial charge in [0, 0.05) is 18.2 Å². The van der Waals surface area contributed by atoms with Crippen LogP contribution in [0.25, 0.3) is 0 Å². The fourth-order valence-corrected chi connectivity index (χ4v) is 5.77. The van der Waals surface area contributed by atoms with E-state index in [0.29, 0.717) is 6.54 Å². The Hall–Kier alpha value is -3.37. The molecule has 0 aliphatic carbocycles. The van der Waals surface area contributed by atoms with Gasteiger partial charge in [0.1, 0.15) is 12.1 Å². The van der Waals surface area contributed by atoms with Crippen LogP contribution >= 0.6 is 11.8 Å². The van der Waals surface area contributed by atoms with Gasteiger partial charge < -0.3 is 26.0 Å². The number of aliphatic hydroxyl groups excluding tert-OH is 1.